The van der Waals surface area contributed by atoms with Gasteiger partial charge in [-0.1, -0.05) is 40.2 Å². The minimum Gasteiger partial charge on any atom is -0.344 e. The molecule has 2 aromatic rings. The van der Waals surface area contributed by atoms with Crippen LogP contribution in [0.2, 0.25) is 0 Å². The van der Waals surface area contributed by atoms with Crippen LogP contribution < -0.4 is 10.6 Å². The van der Waals surface area contributed by atoms with E-state index in [0.717, 1.165) is 21.4 Å². The molecular weight excluding hydrogens is 288 g/mol. The topological polar surface area (TPSA) is 29.3 Å². The van der Waals surface area contributed by atoms with Crippen LogP contribution in [0.3, 0.4) is 0 Å². The summed E-state index contributed by atoms with van der Waals surface area (Å²) < 4.78 is 1.06. The maximum Gasteiger partial charge on any atom is 0.0467 e. The number of para-hydroxylation sites is 1. The van der Waals surface area contributed by atoms with Gasteiger partial charge in [-0.3, -0.25) is 0 Å². The van der Waals surface area contributed by atoms with Crippen molar-refractivity contribution in [3.05, 3.63) is 58.6 Å². The molecule has 1 atom stereocenters. The van der Waals surface area contributed by atoms with E-state index in [9.17, 15) is 0 Å². The van der Waals surface area contributed by atoms with Gasteiger partial charge in [-0.15, -0.1) is 0 Å². The first-order valence-corrected chi connectivity index (χ1v) is 6.72. The summed E-state index contributed by atoms with van der Waals surface area (Å²) in [4.78, 5) is 2.16. The van der Waals surface area contributed by atoms with Crippen molar-refractivity contribution >= 4 is 27.3 Å². The Labute approximate surface area is 117 Å². The molecule has 0 amide bonds. The van der Waals surface area contributed by atoms with Gasteiger partial charge in [0.1, 0.15) is 0 Å². The fourth-order valence-electron chi connectivity index (χ4n) is 1.98. The van der Waals surface area contributed by atoms with Gasteiger partial charge in [0.25, 0.3) is 0 Å². The SMILES string of the molecule is CC(N)c1ccc(Br)cc1N(C)c1ccccc1. The summed E-state index contributed by atoms with van der Waals surface area (Å²) >= 11 is 3.52. The molecule has 2 N–H and O–H groups in total. The van der Waals surface area contributed by atoms with E-state index in [0.29, 0.717) is 0 Å². The second-order valence-electron chi connectivity index (χ2n) is 4.39. The van der Waals surface area contributed by atoms with Crippen LogP contribution in [0.5, 0.6) is 0 Å². The highest BCUT2D eigenvalue weighted by Gasteiger charge is 2.12. The second kappa shape index (κ2) is 5.55. The van der Waals surface area contributed by atoms with E-state index in [-0.39, 0.29) is 6.04 Å². The van der Waals surface area contributed by atoms with Crippen LogP contribution >= 0.6 is 15.9 Å². The highest BCUT2D eigenvalue weighted by atomic mass is 79.9. The fourth-order valence-corrected chi connectivity index (χ4v) is 2.33. The zero-order chi connectivity index (χ0) is 13.1. The largest absolute Gasteiger partial charge is 0.344 e. The van der Waals surface area contributed by atoms with E-state index in [1.54, 1.807) is 0 Å². The Morgan fingerprint density at radius 3 is 2.39 bits per heavy atom. The fraction of sp³-hybridized carbons (Fsp3) is 0.200. The molecule has 94 valence electrons. The van der Waals surface area contributed by atoms with Crippen molar-refractivity contribution < 1.29 is 0 Å². The molecule has 0 fully saturated rings. The first kappa shape index (κ1) is 13.1. The highest BCUT2D eigenvalue weighted by Crippen LogP contribution is 2.32. The van der Waals surface area contributed by atoms with Gasteiger partial charge in [0.2, 0.25) is 0 Å². The molecule has 0 saturated carbocycles. The zero-order valence-corrected chi connectivity index (χ0v) is 12.2. The van der Waals surface area contributed by atoms with Gasteiger partial charge in [0, 0.05) is 28.9 Å². The van der Waals surface area contributed by atoms with Gasteiger partial charge in [0.15, 0.2) is 0 Å². The summed E-state index contributed by atoms with van der Waals surface area (Å²) in [7, 11) is 2.06. The third-order valence-electron chi connectivity index (χ3n) is 2.99. The lowest BCUT2D eigenvalue weighted by atomic mass is 10.1. The van der Waals surface area contributed by atoms with Crippen molar-refractivity contribution in [1.82, 2.24) is 0 Å². The number of rotatable bonds is 3. The molecule has 0 spiro atoms. The highest BCUT2D eigenvalue weighted by molar-refractivity contribution is 9.10. The zero-order valence-electron chi connectivity index (χ0n) is 10.6. The Kier molecular flexibility index (Phi) is 4.04. The van der Waals surface area contributed by atoms with E-state index in [4.69, 9.17) is 5.73 Å². The monoisotopic (exact) mass is 304 g/mol. The van der Waals surface area contributed by atoms with Gasteiger partial charge >= 0.3 is 0 Å². The number of benzene rings is 2. The van der Waals surface area contributed by atoms with Crippen LogP contribution in [-0.2, 0) is 0 Å². The average Bonchev–Trinajstić information content (AvgIpc) is 2.38. The smallest absolute Gasteiger partial charge is 0.0467 e. The van der Waals surface area contributed by atoms with E-state index in [1.165, 1.54) is 0 Å². The molecule has 0 aliphatic rings. The quantitative estimate of drug-likeness (QED) is 0.919. The molecule has 0 bridgehead atoms. The van der Waals surface area contributed by atoms with Crippen LogP contribution in [0.1, 0.15) is 18.5 Å². The van der Waals surface area contributed by atoms with Gasteiger partial charge in [-0.25, -0.2) is 0 Å². The molecule has 0 aliphatic heterocycles. The molecule has 0 aromatic heterocycles. The van der Waals surface area contributed by atoms with E-state index >= 15 is 0 Å². The van der Waals surface area contributed by atoms with Crippen molar-refractivity contribution in [3.8, 4) is 0 Å². The molecule has 2 aromatic carbocycles. The van der Waals surface area contributed by atoms with Gasteiger partial charge in [-0.2, -0.15) is 0 Å². The molecule has 1 unspecified atom stereocenters. The van der Waals surface area contributed by atoms with Crippen molar-refractivity contribution in [2.45, 2.75) is 13.0 Å². The van der Waals surface area contributed by atoms with Gasteiger partial charge in [0.05, 0.1) is 0 Å². The lowest BCUT2D eigenvalue weighted by molar-refractivity contribution is 0.815. The number of halogens is 1. The predicted molar refractivity (Wildman–Crippen MR) is 81.2 cm³/mol. The Balaban J connectivity index is 2.47. The summed E-state index contributed by atoms with van der Waals surface area (Å²) in [5.74, 6) is 0. The van der Waals surface area contributed by atoms with Crippen molar-refractivity contribution in [1.29, 1.82) is 0 Å². The van der Waals surface area contributed by atoms with Gasteiger partial charge < -0.3 is 10.6 Å². The number of nitrogens with two attached hydrogens (primary N) is 1. The van der Waals surface area contributed by atoms with E-state index in [2.05, 4.69) is 52.1 Å². The third kappa shape index (κ3) is 2.74. The molecule has 2 nitrogen and oxygen atoms in total. The van der Waals surface area contributed by atoms with Crippen LogP contribution in [0.25, 0.3) is 0 Å². The van der Waals surface area contributed by atoms with Crippen LogP contribution in [0.15, 0.2) is 53.0 Å². The van der Waals surface area contributed by atoms with Crippen molar-refractivity contribution in [2.75, 3.05) is 11.9 Å². The lowest BCUT2D eigenvalue weighted by Gasteiger charge is -2.24. The molecule has 0 heterocycles. The van der Waals surface area contributed by atoms with Crippen LogP contribution in [0, 0.1) is 0 Å². The molecule has 3 heteroatoms. The van der Waals surface area contributed by atoms with Crippen LogP contribution in [-0.4, -0.2) is 7.05 Å². The first-order valence-electron chi connectivity index (χ1n) is 5.93. The maximum absolute atomic E-state index is 6.04. The normalized spacial score (nSPS) is 12.2. The summed E-state index contributed by atoms with van der Waals surface area (Å²) in [5, 5.41) is 0. The number of anilines is 2. The number of nitrogens with zero attached hydrogens (tertiary/aromatic N) is 1. The molecule has 18 heavy (non-hydrogen) atoms. The molecule has 0 saturated heterocycles. The summed E-state index contributed by atoms with van der Waals surface area (Å²) in [6.45, 7) is 2.01. The summed E-state index contributed by atoms with van der Waals surface area (Å²) in [5.41, 5.74) is 9.46. The van der Waals surface area contributed by atoms with Crippen LogP contribution in [0.4, 0.5) is 11.4 Å². The number of hydrogen-bond donors (Lipinski definition) is 1. The molecular formula is C15H17BrN2. The predicted octanol–water partition coefficient (Wildman–Crippen LogP) is 4.24. The van der Waals surface area contributed by atoms with E-state index < -0.39 is 0 Å². The first-order chi connectivity index (χ1) is 8.59. The second-order valence-corrected chi connectivity index (χ2v) is 5.30. The Hall–Kier alpha value is -1.32. The summed E-state index contributed by atoms with van der Waals surface area (Å²) in [6, 6.07) is 16.5. The minimum atomic E-state index is 0.0132. The maximum atomic E-state index is 6.04. The summed E-state index contributed by atoms with van der Waals surface area (Å²) in [6.07, 6.45) is 0. The van der Waals surface area contributed by atoms with E-state index in [1.807, 2.05) is 31.2 Å². The standard InChI is InChI=1S/C15H17BrN2/c1-11(17)14-9-8-12(16)10-15(14)18(2)13-6-4-3-5-7-13/h3-11H,17H2,1-2H3. The molecule has 2 rings (SSSR count). The van der Waals surface area contributed by atoms with Crippen molar-refractivity contribution in [3.63, 3.8) is 0 Å². The third-order valence-corrected chi connectivity index (χ3v) is 3.48. The minimum absolute atomic E-state index is 0.0132. The molecule has 0 aliphatic carbocycles. The van der Waals surface area contributed by atoms with Crippen molar-refractivity contribution in [2.24, 2.45) is 5.73 Å². The lowest BCUT2D eigenvalue weighted by Crippen LogP contribution is -2.15. The Morgan fingerprint density at radius 2 is 1.78 bits per heavy atom. The molecule has 0 radical (unpaired) electrons. The average molecular weight is 305 g/mol. The Morgan fingerprint density at radius 1 is 1.11 bits per heavy atom. The number of hydrogen-bond acceptors (Lipinski definition) is 2. The van der Waals surface area contributed by atoms with Gasteiger partial charge in [-0.05, 0) is 36.8 Å². The Bertz CT molecular complexity index is 523.